The normalized spacial score (nSPS) is 11.7. The Morgan fingerprint density at radius 3 is 2.46 bits per heavy atom. The second-order valence-electron chi connectivity index (χ2n) is 9.43. The van der Waals surface area contributed by atoms with Gasteiger partial charge < -0.3 is 4.74 Å². The van der Waals surface area contributed by atoms with Gasteiger partial charge in [0.15, 0.2) is 0 Å². The van der Waals surface area contributed by atoms with Gasteiger partial charge in [0.1, 0.15) is 23.7 Å². The van der Waals surface area contributed by atoms with Crippen LogP contribution in [0.3, 0.4) is 0 Å². The third-order valence-electron chi connectivity index (χ3n) is 6.54. The Morgan fingerprint density at radius 1 is 0.976 bits per heavy atom. The highest BCUT2D eigenvalue weighted by atomic mass is 32.1. The minimum atomic E-state index is -0.436. The van der Waals surface area contributed by atoms with E-state index in [4.69, 9.17) is 9.84 Å². The van der Waals surface area contributed by atoms with Crippen molar-refractivity contribution in [3.8, 4) is 22.7 Å². The molecule has 0 aliphatic heterocycles. The van der Waals surface area contributed by atoms with Crippen LogP contribution < -0.4 is 20.4 Å². The topological polar surface area (TPSA) is 91.4 Å². The van der Waals surface area contributed by atoms with Gasteiger partial charge in [-0.2, -0.15) is 19.7 Å². The summed E-state index contributed by atoms with van der Waals surface area (Å²) < 4.78 is 9.11. The molecule has 0 aliphatic carbocycles. The van der Waals surface area contributed by atoms with Crippen LogP contribution in [0.4, 0.5) is 0 Å². The molecule has 0 N–H and O–H groups in total. The van der Waals surface area contributed by atoms with Crippen LogP contribution in [0.15, 0.2) is 107 Å². The molecule has 0 spiro atoms. The Kier molecular flexibility index (Phi) is 7.09. The van der Waals surface area contributed by atoms with E-state index in [1.165, 1.54) is 4.52 Å². The molecule has 0 atom stereocenters. The third kappa shape index (κ3) is 5.35. The summed E-state index contributed by atoms with van der Waals surface area (Å²) in [4.78, 5) is 30.6. The molecule has 0 unspecified atom stereocenters. The van der Waals surface area contributed by atoms with Crippen LogP contribution in [0.1, 0.15) is 22.4 Å². The van der Waals surface area contributed by atoms with Gasteiger partial charge in [-0.15, -0.1) is 0 Å². The van der Waals surface area contributed by atoms with Crippen LogP contribution >= 0.6 is 11.3 Å². The zero-order valence-corrected chi connectivity index (χ0v) is 23.0. The third-order valence-corrected chi connectivity index (χ3v) is 7.49. The van der Waals surface area contributed by atoms with Crippen molar-refractivity contribution in [2.75, 3.05) is 6.61 Å². The SMILES string of the molecule is C=CCOc1ccc(-c2nn(-c3ccccc3)cc2/C=c2\sc3nc(=O)c(Cc4ccccc4)nn3c2=O)c(C)c1. The van der Waals surface area contributed by atoms with Crippen LogP contribution in [0.5, 0.6) is 5.75 Å². The summed E-state index contributed by atoms with van der Waals surface area (Å²) >= 11 is 1.13. The van der Waals surface area contributed by atoms with E-state index >= 15 is 0 Å². The Hall–Kier alpha value is -5.15. The molecule has 0 saturated heterocycles. The Labute approximate surface area is 239 Å². The lowest BCUT2D eigenvalue weighted by Crippen LogP contribution is -2.28. The maximum absolute atomic E-state index is 13.5. The Morgan fingerprint density at radius 2 is 1.73 bits per heavy atom. The van der Waals surface area contributed by atoms with Gasteiger partial charge in [-0.3, -0.25) is 9.59 Å². The monoisotopic (exact) mass is 559 g/mol. The molecule has 202 valence electrons. The summed E-state index contributed by atoms with van der Waals surface area (Å²) in [6, 6.07) is 25.1. The second kappa shape index (κ2) is 11.1. The smallest absolute Gasteiger partial charge is 0.296 e. The van der Waals surface area contributed by atoms with Crippen LogP contribution in [0, 0.1) is 6.92 Å². The number of aryl methyl sites for hydroxylation is 1. The maximum Gasteiger partial charge on any atom is 0.296 e. The largest absolute Gasteiger partial charge is 0.490 e. The van der Waals surface area contributed by atoms with E-state index < -0.39 is 5.56 Å². The zero-order chi connectivity index (χ0) is 28.3. The first-order valence-electron chi connectivity index (χ1n) is 13.0. The summed E-state index contributed by atoms with van der Waals surface area (Å²) in [5, 5.41) is 9.29. The summed E-state index contributed by atoms with van der Waals surface area (Å²) in [7, 11) is 0. The lowest BCUT2D eigenvalue weighted by Gasteiger charge is -2.08. The van der Waals surface area contributed by atoms with Crippen molar-refractivity contribution in [1.82, 2.24) is 24.4 Å². The van der Waals surface area contributed by atoms with E-state index in [0.717, 1.165) is 45.0 Å². The van der Waals surface area contributed by atoms with Gasteiger partial charge in [-0.25, -0.2) is 4.68 Å². The number of thiazole rings is 1. The first-order valence-corrected chi connectivity index (χ1v) is 13.8. The van der Waals surface area contributed by atoms with E-state index in [2.05, 4.69) is 16.7 Å². The number of hydrogen-bond donors (Lipinski definition) is 0. The molecule has 0 saturated carbocycles. The van der Waals surface area contributed by atoms with Gasteiger partial charge in [0.2, 0.25) is 4.96 Å². The lowest BCUT2D eigenvalue weighted by molar-refractivity contribution is 0.363. The van der Waals surface area contributed by atoms with Crippen molar-refractivity contribution >= 4 is 22.4 Å². The number of aromatic nitrogens is 5. The van der Waals surface area contributed by atoms with Crippen LogP contribution in [0.2, 0.25) is 0 Å². The van der Waals surface area contributed by atoms with E-state index in [1.807, 2.05) is 92.0 Å². The molecular formula is C32H25N5O3S. The molecule has 3 aromatic carbocycles. The average molecular weight is 560 g/mol. The van der Waals surface area contributed by atoms with Crippen molar-refractivity contribution < 1.29 is 4.74 Å². The molecule has 0 amide bonds. The quantitative estimate of drug-likeness (QED) is 0.257. The van der Waals surface area contributed by atoms with Crippen molar-refractivity contribution in [2.24, 2.45) is 0 Å². The fourth-order valence-corrected chi connectivity index (χ4v) is 5.44. The molecule has 6 rings (SSSR count). The average Bonchev–Trinajstić information content (AvgIpc) is 3.53. The summed E-state index contributed by atoms with van der Waals surface area (Å²) in [6.45, 7) is 6.11. The summed E-state index contributed by atoms with van der Waals surface area (Å²) in [6.07, 6.45) is 5.67. The van der Waals surface area contributed by atoms with Crippen LogP contribution in [0.25, 0.3) is 28.0 Å². The molecule has 3 aromatic heterocycles. The van der Waals surface area contributed by atoms with Crippen molar-refractivity contribution in [1.29, 1.82) is 0 Å². The number of benzene rings is 3. The fourth-order valence-electron chi connectivity index (χ4n) is 4.54. The van der Waals surface area contributed by atoms with Crippen LogP contribution in [-0.4, -0.2) is 31.0 Å². The highest BCUT2D eigenvalue weighted by Crippen LogP contribution is 2.30. The molecule has 3 heterocycles. The van der Waals surface area contributed by atoms with Gasteiger partial charge in [-0.1, -0.05) is 72.5 Å². The van der Waals surface area contributed by atoms with E-state index in [-0.39, 0.29) is 16.2 Å². The molecule has 9 heteroatoms. The van der Waals surface area contributed by atoms with Crippen molar-refractivity contribution in [2.45, 2.75) is 13.3 Å². The molecule has 8 nitrogen and oxygen atoms in total. The molecule has 41 heavy (non-hydrogen) atoms. The highest BCUT2D eigenvalue weighted by molar-refractivity contribution is 7.15. The van der Waals surface area contributed by atoms with Gasteiger partial charge in [0, 0.05) is 23.7 Å². The molecule has 0 aliphatic rings. The molecule has 0 bridgehead atoms. The first-order chi connectivity index (χ1) is 20.0. The van der Waals surface area contributed by atoms with Crippen molar-refractivity contribution in [3.05, 3.63) is 145 Å². The Bertz CT molecular complexity index is 2050. The minimum absolute atomic E-state index is 0.224. The van der Waals surface area contributed by atoms with Gasteiger partial charge in [0.05, 0.1) is 10.2 Å². The number of fused-ring (bicyclic) bond motifs is 1. The van der Waals surface area contributed by atoms with Crippen molar-refractivity contribution in [3.63, 3.8) is 0 Å². The fraction of sp³-hybridized carbons (Fsp3) is 0.0938. The summed E-state index contributed by atoms with van der Waals surface area (Å²) in [5.74, 6) is 0.735. The number of nitrogens with zero attached hydrogens (tertiary/aromatic N) is 5. The summed E-state index contributed by atoms with van der Waals surface area (Å²) in [5.41, 5.74) is 4.58. The number of rotatable bonds is 8. The highest BCUT2D eigenvalue weighted by Gasteiger charge is 2.16. The first kappa shape index (κ1) is 26.1. The van der Waals surface area contributed by atoms with Gasteiger partial charge >= 0.3 is 0 Å². The predicted molar refractivity (Wildman–Crippen MR) is 161 cm³/mol. The number of hydrogen-bond acceptors (Lipinski definition) is 7. The van der Waals surface area contributed by atoms with Crippen LogP contribution in [-0.2, 0) is 6.42 Å². The Balaban J connectivity index is 1.48. The maximum atomic E-state index is 13.5. The lowest BCUT2D eigenvalue weighted by atomic mass is 10.0. The molecule has 0 fully saturated rings. The van der Waals surface area contributed by atoms with Gasteiger partial charge in [0.25, 0.3) is 11.1 Å². The molecule has 6 aromatic rings. The zero-order valence-electron chi connectivity index (χ0n) is 22.2. The standard InChI is InChI=1S/C32H25N5O3S/c1-3-16-40-25-14-15-26(21(2)17-25)29-23(20-36(35-29)24-12-8-5-9-13-24)19-28-31(39)37-32(41-28)33-30(38)27(34-37)18-22-10-6-4-7-11-22/h3-15,17,19-20H,1,16,18H2,2H3/b28-19-. The second-order valence-corrected chi connectivity index (χ2v) is 10.4. The van der Waals surface area contributed by atoms with E-state index in [1.54, 1.807) is 16.8 Å². The minimum Gasteiger partial charge on any atom is -0.490 e. The van der Waals surface area contributed by atoms with E-state index in [0.29, 0.717) is 23.3 Å². The molecular weight excluding hydrogens is 534 g/mol. The predicted octanol–water partition coefficient (Wildman–Crippen LogP) is 4.38. The van der Waals surface area contributed by atoms with Gasteiger partial charge in [-0.05, 0) is 54.5 Å². The molecule has 0 radical (unpaired) electrons. The number of ether oxygens (including phenoxy) is 1. The van der Waals surface area contributed by atoms with E-state index in [9.17, 15) is 9.59 Å². The number of para-hydroxylation sites is 1.